The fraction of sp³-hybridized carbons (Fsp3) is 0.238. The molecule has 1 amide bonds. The van der Waals surface area contributed by atoms with E-state index in [4.69, 9.17) is 23.2 Å². The van der Waals surface area contributed by atoms with Crippen molar-refractivity contribution in [3.8, 4) is 0 Å². The molecule has 0 bridgehead atoms. The lowest BCUT2D eigenvalue weighted by atomic mass is 10.1. The van der Waals surface area contributed by atoms with Crippen LogP contribution in [0.25, 0.3) is 0 Å². The maximum atomic E-state index is 12.5. The third kappa shape index (κ3) is 4.02. The number of rotatable bonds is 5. The van der Waals surface area contributed by atoms with Gasteiger partial charge in [0.05, 0.1) is 16.6 Å². The summed E-state index contributed by atoms with van der Waals surface area (Å²) in [6.07, 6.45) is 0.888. The minimum absolute atomic E-state index is 0.0212. The number of aryl methyl sites for hydroxylation is 1. The zero-order valence-corrected chi connectivity index (χ0v) is 16.3. The Kier molecular flexibility index (Phi) is 4.94. The molecule has 2 aromatic carbocycles. The fourth-order valence-electron chi connectivity index (χ4n) is 3.31. The van der Waals surface area contributed by atoms with Crippen molar-refractivity contribution in [2.75, 3.05) is 5.32 Å². The molecule has 4 nitrogen and oxygen atoms in total. The molecule has 1 fully saturated rings. The predicted octanol–water partition coefficient (Wildman–Crippen LogP) is 5.29. The van der Waals surface area contributed by atoms with Crippen LogP contribution in [0.4, 0.5) is 5.82 Å². The van der Waals surface area contributed by atoms with Crippen LogP contribution in [0, 0.1) is 12.8 Å². The zero-order valence-electron chi connectivity index (χ0n) is 14.8. The van der Waals surface area contributed by atoms with Crippen molar-refractivity contribution >= 4 is 34.9 Å². The van der Waals surface area contributed by atoms with Crippen LogP contribution in [-0.2, 0) is 11.3 Å². The molecule has 2 unspecified atom stereocenters. The molecule has 1 aliphatic rings. The Morgan fingerprint density at radius 2 is 1.93 bits per heavy atom. The molecule has 1 aliphatic carbocycles. The summed E-state index contributed by atoms with van der Waals surface area (Å²) in [5, 5.41) is 8.52. The number of carbonyl (C=O) groups is 1. The Morgan fingerprint density at radius 1 is 1.15 bits per heavy atom. The Bertz CT molecular complexity index is 984. The molecule has 3 aromatic rings. The minimum atomic E-state index is 0.0212. The number of benzene rings is 2. The average Bonchev–Trinajstić information content (AvgIpc) is 3.39. The third-order valence-electron chi connectivity index (χ3n) is 4.90. The number of carbonyl (C=O) groups excluding carboxylic acids is 1. The number of hydrogen-bond acceptors (Lipinski definition) is 2. The number of hydrogen-bond donors (Lipinski definition) is 1. The van der Waals surface area contributed by atoms with Crippen LogP contribution >= 0.6 is 23.2 Å². The lowest BCUT2D eigenvalue weighted by Crippen LogP contribution is -2.15. The second-order valence-electron chi connectivity index (χ2n) is 6.93. The second kappa shape index (κ2) is 7.37. The van der Waals surface area contributed by atoms with Crippen LogP contribution in [0.1, 0.15) is 29.2 Å². The maximum Gasteiger partial charge on any atom is 0.229 e. The lowest BCUT2D eigenvalue weighted by Gasteiger charge is -2.06. The number of anilines is 1. The Morgan fingerprint density at radius 3 is 2.67 bits per heavy atom. The smallest absolute Gasteiger partial charge is 0.229 e. The normalized spacial score (nSPS) is 18.3. The molecule has 1 saturated carbocycles. The highest BCUT2D eigenvalue weighted by molar-refractivity contribution is 6.42. The van der Waals surface area contributed by atoms with Crippen LogP contribution in [0.15, 0.2) is 54.6 Å². The number of nitrogens with one attached hydrogen (secondary N) is 1. The average molecular weight is 400 g/mol. The summed E-state index contributed by atoms with van der Waals surface area (Å²) in [6, 6.07) is 17.6. The van der Waals surface area contributed by atoms with Crippen LogP contribution in [-0.4, -0.2) is 15.7 Å². The van der Waals surface area contributed by atoms with Crippen molar-refractivity contribution in [2.24, 2.45) is 5.92 Å². The molecule has 138 valence electrons. The van der Waals surface area contributed by atoms with Crippen molar-refractivity contribution in [2.45, 2.75) is 25.8 Å². The van der Waals surface area contributed by atoms with Gasteiger partial charge in [-0.05, 0) is 42.5 Å². The summed E-state index contributed by atoms with van der Waals surface area (Å²) >= 11 is 12.0. The standard InChI is InChI=1S/C21H19Cl2N3O/c1-13-9-20(25-26(13)12-14-7-8-18(22)19(23)10-14)24-21(27)17-11-16(17)15-5-3-2-4-6-15/h2-10,16-17H,11-12H2,1H3,(H,24,25,27). The summed E-state index contributed by atoms with van der Waals surface area (Å²) in [5.74, 6) is 0.942. The van der Waals surface area contributed by atoms with Crippen LogP contribution in [0.3, 0.4) is 0 Å². The van der Waals surface area contributed by atoms with E-state index in [0.29, 0.717) is 28.3 Å². The Labute approximate surface area is 168 Å². The summed E-state index contributed by atoms with van der Waals surface area (Å²) in [5.41, 5.74) is 3.19. The third-order valence-corrected chi connectivity index (χ3v) is 5.64. The first-order valence-corrected chi connectivity index (χ1v) is 9.61. The van der Waals surface area contributed by atoms with Gasteiger partial charge in [-0.1, -0.05) is 59.6 Å². The monoisotopic (exact) mass is 399 g/mol. The van der Waals surface area contributed by atoms with E-state index in [-0.39, 0.29) is 11.8 Å². The maximum absolute atomic E-state index is 12.5. The second-order valence-corrected chi connectivity index (χ2v) is 7.74. The summed E-state index contributed by atoms with van der Waals surface area (Å²) in [6.45, 7) is 2.53. The van der Waals surface area contributed by atoms with Gasteiger partial charge in [-0.3, -0.25) is 9.48 Å². The van der Waals surface area contributed by atoms with Gasteiger partial charge in [-0.15, -0.1) is 0 Å². The molecule has 27 heavy (non-hydrogen) atoms. The summed E-state index contributed by atoms with van der Waals surface area (Å²) in [4.78, 5) is 12.5. The van der Waals surface area contributed by atoms with Gasteiger partial charge < -0.3 is 5.32 Å². The highest BCUT2D eigenvalue weighted by atomic mass is 35.5. The molecule has 0 aliphatic heterocycles. The molecular formula is C21H19Cl2N3O. The van der Waals surface area contributed by atoms with E-state index in [1.165, 1.54) is 5.56 Å². The molecule has 0 spiro atoms. The molecule has 2 atom stereocenters. The van der Waals surface area contributed by atoms with Crippen molar-refractivity contribution in [3.05, 3.63) is 81.5 Å². The molecule has 0 radical (unpaired) electrons. The highest BCUT2D eigenvalue weighted by Gasteiger charge is 2.44. The summed E-state index contributed by atoms with van der Waals surface area (Å²) in [7, 11) is 0. The molecule has 4 rings (SSSR count). The van der Waals surface area contributed by atoms with E-state index in [2.05, 4.69) is 22.5 Å². The van der Waals surface area contributed by atoms with Gasteiger partial charge in [0.2, 0.25) is 5.91 Å². The van der Waals surface area contributed by atoms with E-state index in [1.807, 2.05) is 48.0 Å². The zero-order chi connectivity index (χ0) is 19.0. The van der Waals surface area contributed by atoms with Gasteiger partial charge in [0.15, 0.2) is 5.82 Å². The Hall–Kier alpha value is -2.30. The fourth-order valence-corrected chi connectivity index (χ4v) is 3.64. The van der Waals surface area contributed by atoms with E-state index in [9.17, 15) is 4.79 Å². The van der Waals surface area contributed by atoms with Gasteiger partial charge in [0.1, 0.15) is 0 Å². The number of aromatic nitrogens is 2. The molecule has 1 N–H and O–H groups in total. The Balaban J connectivity index is 1.41. The molecule has 1 heterocycles. The van der Waals surface area contributed by atoms with Gasteiger partial charge in [-0.25, -0.2) is 0 Å². The van der Waals surface area contributed by atoms with Crippen molar-refractivity contribution in [1.29, 1.82) is 0 Å². The largest absolute Gasteiger partial charge is 0.309 e. The van der Waals surface area contributed by atoms with Gasteiger partial charge in [0, 0.05) is 17.7 Å². The van der Waals surface area contributed by atoms with Crippen molar-refractivity contribution < 1.29 is 4.79 Å². The lowest BCUT2D eigenvalue weighted by molar-refractivity contribution is -0.117. The molecule has 6 heteroatoms. The van der Waals surface area contributed by atoms with Crippen LogP contribution in [0.2, 0.25) is 10.0 Å². The first-order chi connectivity index (χ1) is 13.0. The van der Waals surface area contributed by atoms with Crippen molar-refractivity contribution in [3.63, 3.8) is 0 Å². The SMILES string of the molecule is Cc1cc(NC(=O)C2CC2c2ccccc2)nn1Cc1ccc(Cl)c(Cl)c1. The molecule has 0 saturated heterocycles. The van der Waals surface area contributed by atoms with Crippen molar-refractivity contribution in [1.82, 2.24) is 9.78 Å². The van der Waals surface area contributed by atoms with E-state index in [0.717, 1.165) is 17.7 Å². The predicted molar refractivity (Wildman–Crippen MR) is 108 cm³/mol. The van der Waals surface area contributed by atoms with E-state index >= 15 is 0 Å². The van der Waals surface area contributed by atoms with Crippen LogP contribution in [0.5, 0.6) is 0 Å². The minimum Gasteiger partial charge on any atom is -0.309 e. The number of nitrogens with zero attached hydrogens (tertiary/aromatic N) is 2. The van der Waals surface area contributed by atoms with Gasteiger partial charge in [0.25, 0.3) is 0 Å². The first kappa shape index (κ1) is 18.1. The van der Waals surface area contributed by atoms with E-state index in [1.54, 1.807) is 6.07 Å². The van der Waals surface area contributed by atoms with Gasteiger partial charge in [-0.2, -0.15) is 5.10 Å². The first-order valence-electron chi connectivity index (χ1n) is 8.85. The molecular weight excluding hydrogens is 381 g/mol. The highest BCUT2D eigenvalue weighted by Crippen LogP contribution is 2.47. The van der Waals surface area contributed by atoms with Crippen LogP contribution < -0.4 is 5.32 Å². The molecule has 1 aromatic heterocycles. The number of halogens is 2. The summed E-state index contributed by atoms with van der Waals surface area (Å²) < 4.78 is 1.84. The number of amides is 1. The topological polar surface area (TPSA) is 46.9 Å². The van der Waals surface area contributed by atoms with E-state index < -0.39 is 0 Å². The van der Waals surface area contributed by atoms with Gasteiger partial charge >= 0.3 is 0 Å². The quantitative estimate of drug-likeness (QED) is 0.633.